The SMILES string of the molecule is CC(C)Cc1ccc(C(C)C(=O)CCCS(=O)(=O)[O-])cc1.[Na+]. The fraction of sp³-hybridized carbons (Fsp3) is 0.562. The van der Waals surface area contributed by atoms with Crippen LogP contribution in [0.2, 0.25) is 0 Å². The molecule has 0 aliphatic heterocycles. The standard InChI is InChI=1S/C16H24O4S.Na/c1-12(2)11-14-6-8-15(9-7-14)13(3)16(17)5-4-10-21(18,19)20;/h6-9,12-13H,4-5,10-11H2,1-3H3,(H,18,19,20);/q;+1/p-1. The van der Waals surface area contributed by atoms with Crippen molar-refractivity contribution in [3.05, 3.63) is 35.4 Å². The Bertz CT molecular complexity index is 564. The molecule has 118 valence electrons. The van der Waals surface area contributed by atoms with Gasteiger partial charge in [-0.15, -0.1) is 0 Å². The van der Waals surface area contributed by atoms with Crippen molar-refractivity contribution in [3.63, 3.8) is 0 Å². The molecule has 1 aromatic carbocycles. The zero-order valence-corrected chi connectivity index (χ0v) is 16.7. The summed E-state index contributed by atoms with van der Waals surface area (Å²) in [5, 5.41) is 0. The molecule has 0 heterocycles. The van der Waals surface area contributed by atoms with Crippen LogP contribution in [-0.4, -0.2) is 24.5 Å². The van der Waals surface area contributed by atoms with E-state index >= 15 is 0 Å². The fourth-order valence-corrected chi connectivity index (χ4v) is 2.74. The first kappa shape index (κ1) is 21.8. The first-order valence-corrected chi connectivity index (χ1v) is 8.82. The van der Waals surface area contributed by atoms with Crippen LogP contribution < -0.4 is 29.6 Å². The van der Waals surface area contributed by atoms with Crippen LogP contribution in [0.4, 0.5) is 0 Å². The third-order valence-corrected chi connectivity index (χ3v) is 4.21. The van der Waals surface area contributed by atoms with Gasteiger partial charge in [-0.2, -0.15) is 0 Å². The summed E-state index contributed by atoms with van der Waals surface area (Å²) in [6.45, 7) is 6.12. The van der Waals surface area contributed by atoms with Gasteiger partial charge < -0.3 is 4.55 Å². The Labute approximate surface area is 155 Å². The zero-order valence-electron chi connectivity index (χ0n) is 13.8. The van der Waals surface area contributed by atoms with E-state index in [4.69, 9.17) is 0 Å². The Morgan fingerprint density at radius 3 is 2.14 bits per heavy atom. The summed E-state index contributed by atoms with van der Waals surface area (Å²) in [5.74, 6) is -0.189. The zero-order chi connectivity index (χ0) is 16.0. The van der Waals surface area contributed by atoms with Gasteiger partial charge in [0.2, 0.25) is 0 Å². The summed E-state index contributed by atoms with van der Waals surface area (Å²) in [5.41, 5.74) is 2.17. The van der Waals surface area contributed by atoms with E-state index in [1.807, 2.05) is 31.2 Å². The molecular weight excluding hydrogens is 311 g/mol. The minimum Gasteiger partial charge on any atom is -0.748 e. The molecule has 0 aliphatic carbocycles. The maximum absolute atomic E-state index is 12.0. The Balaban J connectivity index is 0.00000441. The topological polar surface area (TPSA) is 74.3 Å². The molecule has 4 nitrogen and oxygen atoms in total. The molecule has 0 spiro atoms. The van der Waals surface area contributed by atoms with Crippen molar-refractivity contribution in [3.8, 4) is 0 Å². The van der Waals surface area contributed by atoms with Crippen LogP contribution in [0.1, 0.15) is 50.7 Å². The molecule has 0 N–H and O–H groups in total. The quantitative estimate of drug-likeness (QED) is 0.491. The third-order valence-electron chi connectivity index (χ3n) is 3.42. The van der Waals surface area contributed by atoms with Crippen molar-refractivity contribution in [2.45, 2.75) is 46.0 Å². The van der Waals surface area contributed by atoms with E-state index < -0.39 is 15.9 Å². The van der Waals surface area contributed by atoms with Gasteiger partial charge in [-0.05, 0) is 29.9 Å². The van der Waals surface area contributed by atoms with E-state index in [1.165, 1.54) is 5.56 Å². The molecule has 1 aromatic rings. The van der Waals surface area contributed by atoms with Gasteiger partial charge in [0.25, 0.3) is 0 Å². The number of hydrogen-bond donors (Lipinski definition) is 0. The number of carbonyl (C=O) groups excluding carboxylic acids is 1. The summed E-state index contributed by atoms with van der Waals surface area (Å²) in [4.78, 5) is 12.0. The molecule has 1 rings (SSSR count). The van der Waals surface area contributed by atoms with E-state index in [-0.39, 0.29) is 54.1 Å². The summed E-state index contributed by atoms with van der Waals surface area (Å²) in [6.07, 6.45) is 1.22. The van der Waals surface area contributed by atoms with E-state index in [9.17, 15) is 17.8 Å². The number of Topliss-reactive ketones (excluding diaryl/α,β-unsaturated/α-hetero) is 1. The predicted molar refractivity (Wildman–Crippen MR) is 82.2 cm³/mol. The smallest absolute Gasteiger partial charge is 0.748 e. The van der Waals surface area contributed by atoms with Crippen molar-refractivity contribution in [1.82, 2.24) is 0 Å². The van der Waals surface area contributed by atoms with Crippen molar-refractivity contribution in [2.24, 2.45) is 5.92 Å². The van der Waals surface area contributed by atoms with E-state index in [2.05, 4.69) is 13.8 Å². The van der Waals surface area contributed by atoms with E-state index in [1.54, 1.807) is 0 Å². The van der Waals surface area contributed by atoms with Crippen LogP contribution in [0.3, 0.4) is 0 Å². The Hall–Kier alpha value is -0.200. The molecule has 0 saturated heterocycles. The van der Waals surface area contributed by atoms with E-state index in [0.29, 0.717) is 5.92 Å². The minimum atomic E-state index is -4.23. The number of hydrogen-bond acceptors (Lipinski definition) is 4. The number of ketones is 1. The van der Waals surface area contributed by atoms with Crippen molar-refractivity contribution in [2.75, 3.05) is 5.75 Å². The molecule has 1 atom stereocenters. The molecule has 1 unspecified atom stereocenters. The third kappa shape index (κ3) is 8.44. The average Bonchev–Trinajstić information content (AvgIpc) is 2.36. The second-order valence-electron chi connectivity index (χ2n) is 5.89. The van der Waals surface area contributed by atoms with Crippen molar-refractivity contribution < 1.29 is 47.3 Å². The van der Waals surface area contributed by atoms with Gasteiger partial charge in [-0.3, -0.25) is 4.79 Å². The van der Waals surface area contributed by atoms with Crippen LogP contribution in [0.5, 0.6) is 0 Å². The van der Waals surface area contributed by atoms with Crippen LogP contribution >= 0.6 is 0 Å². The molecule has 0 amide bonds. The second kappa shape index (κ2) is 9.83. The predicted octanol–water partition coefficient (Wildman–Crippen LogP) is -0.113. The van der Waals surface area contributed by atoms with Gasteiger partial charge >= 0.3 is 29.6 Å². The molecule has 0 radical (unpaired) electrons. The van der Waals surface area contributed by atoms with Crippen molar-refractivity contribution >= 4 is 15.9 Å². The van der Waals surface area contributed by atoms with Gasteiger partial charge in [0.1, 0.15) is 5.78 Å². The van der Waals surface area contributed by atoms with Crippen LogP contribution in [-0.2, 0) is 21.3 Å². The second-order valence-corrected chi connectivity index (χ2v) is 7.42. The van der Waals surface area contributed by atoms with Crippen LogP contribution in [0, 0.1) is 5.92 Å². The van der Waals surface area contributed by atoms with Gasteiger partial charge in [0.15, 0.2) is 0 Å². The number of rotatable bonds is 8. The molecule has 0 saturated carbocycles. The largest absolute Gasteiger partial charge is 1.00 e. The molecule has 22 heavy (non-hydrogen) atoms. The molecule has 0 aromatic heterocycles. The molecule has 0 fully saturated rings. The average molecular weight is 334 g/mol. The summed E-state index contributed by atoms with van der Waals surface area (Å²) in [7, 11) is -4.23. The summed E-state index contributed by atoms with van der Waals surface area (Å²) >= 11 is 0. The van der Waals surface area contributed by atoms with Crippen LogP contribution in [0.15, 0.2) is 24.3 Å². The molecule has 0 bridgehead atoms. The number of carbonyl (C=O) groups is 1. The minimum absolute atomic E-state index is 0. The molecule has 0 aliphatic rings. The van der Waals surface area contributed by atoms with Gasteiger partial charge in [0, 0.05) is 18.1 Å². The van der Waals surface area contributed by atoms with Gasteiger partial charge in [-0.25, -0.2) is 8.42 Å². The Morgan fingerprint density at radius 2 is 1.68 bits per heavy atom. The monoisotopic (exact) mass is 334 g/mol. The Morgan fingerprint density at radius 1 is 1.14 bits per heavy atom. The summed E-state index contributed by atoms with van der Waals surface area (Å²) in [6, 6.07) is 7.96. The van der Waals surface area contributed by atoms with Gasteiger partial charge in [0.05, 0.1) is 10.1 Å². The maximum atomic E-state index is 12.0. The fourth-order valence-electron chi connectivity index (χ4n) is 2.24. The normalized spacial score (nSPS) is 12.8. The molecule has 6 heteroatoms. The first-order chi connectivity index (χ1) is 9.69. The first-order valence-electron chi connectivity index (χ1n) is 7.24. The Kier molecular flexibility index (Phi) is 9.74. The maximum Gasteiger partial charge on any atom is 1.00 e. The van der Waals surface area contributed by atoms with Crippen molar-refractivity contribution in [1.29, 1.82) is 0 Å². The number of benzene rings is 1. The van der Waals surface area contributed by atoms with Crippen LogP contribution in [0.25, 0.3) is 0 Å². The summed E-state index contributed by atoms with van der Waals surface area (Å²) < 4.78 is 31.5. The van der Waals surface area contributed by atoms with E-state index in [0.717, 1.165) is 12.0 Å². The molecular formula is C16H23NaO4S. The van der Waals surface area contributed by atoms with Gasteiger partial charge in [-0.1, -0.05) is 45.0 Å².